The number of hydrogen-bond donors (Lipinski definition) is 2. The topological polar surface area (TPSA) is 99.0 Å². The van der Waals surface area contributed by atoms with Crippen LogP contribution in [0.2, 0.25) is 0 Å². The molecule has 9 nitrogen and oxygen atoms in total. The van der Waals surface area contributed by atoms with Gasteiger partial charge in [-0.05, 0) is 6.07 Å². The molecular formula is C12H17N7O2. The van der Waals surface area contributed by atoms with E-state index in [4.69, 9.17) is 9.47 Å². The highest BCUT2D eigenvalue weighted by atomic mass is 16.6. The van der Waals surface area contributed by atoms with E-state index in [2.05, 4.69) is 30.7 Å². The van der Waals surface area contributed by atoms with Crippen LogP contribution < -0.4 is 10.6 Å². The smallest absolute Gasteiger partial charge is 0.257 e. The average Bonchev–Trinajstić information content (AvgIpc) is 3.08. The molecule has 3 rings (SSSR count). The van der Waals surface area contributed by atoms with E-state index in [-0.39, 0.29) is 6.10 Å². The zero-order chi connectivity index (χ0) is 14.5. The minimum Gasteiger partial charge on any atom is -0.376 e. The molecule has 1 atom stereocenters. The molecule has 1 aliphatic rings. The summed E-state index contributed by atoms with van der Waals surface area (Å²) in [6, 6.07) is 1.81. The number of anilines is 2. The quantitative estimate of drug-likeness (QED) is 0.789. The van der Waals surface area contributed by atoms with E-state index in [1.807, 2.05) is 6.07 Å². The molecular weight excluding hydrogens is 274 g/mol. The van der Waals surface area contributed by atoms with Crippen LogP contribution in [0.3, 0.4) is 0 Å². The van der Waals surface area contributed by atoms with Gasteiger partial charge in [-0.2, -0.15) is 20.1 Å². The Hall–Kier alpha value is -2.26. The van der Waals surface area contributed by atoms with Gasteiger partial charge in [0.15, 0.2) is 0 Å². The standard InChI is InChI=1S/C12H17N7O2/c1-13-10-16-11(14-7-9-8-20-5-6-21-9)18-12(17-10)19-4-2-3-15-19/h2-4,9H,5-8H2,1H3,(H2,13,14,16,17,18). The first-order chi connectivity index (χ1) is 10.3. The molecule has 2 aromatic rings. The van der Waals surface area contributed by atoms with Crippen molar-refractivity contribution in [3.63, 3.8) is 0 Å². The van der Waals surface area contributed by atoms with Gasteiger partial charge in [0, 0.05) is 26.0 Å². The first-order valence-corrected chi connectivity index (χ1v) is 6.72. The van der Waals surface area contributed by atoms with Gasteiger partial charge in [-0.3, -0.25) is 0 Å². The van der Waals surface area contributed by atoms with E-state index in [1.54, 1.807) is 24.1 Å². The second-order valence-electron chi connectivity index (χ2n) is 4.43. The zero-order valence-corrected chi connectivity index (χ0v) is 11.7. The molecule has 0 aliphatic carbocycles. The van der Waals surface area contributed by atoms with E-state index < -0.39 is 0 Å². The summed E-state index contributed by atoms with van der Waals surface area (Å²) in [7, 11) is 1.75. The van der Waals surface area contributed by atoms with Crippen LogP contribution in [0.1, 0.15) is 0 Å². The number of ether oxygens (including phenoxy) is 2. The van der Waals surface area contributed by atoms with Crippen molar-refractivity contribution in [2.45, 2.75) is 6.10 Å². The molecule has 1 unspecified atom stereocenters. The number of aromatic nitrogens is 5. The van der Waals surface area contributed by atoms with Gasteiger partial charge in [-0.15, -0.1) is 0 Å². The van der Waals surface area contributed by atoms with Gasteiger partial charge in [0.2, 0.25) is 11.9 Å². The van der Waals surface area contributed by atoms with Gasteiger partial charge in [-0.25, -0.2) is 4.68 Å². The van der Waals surface area contributed by atoms with E-state index in [0.29, 0.717) is 44.2 Å². The Morgan fingerprint density at radius 2 is 2.19 bits per heavy atom. The van der Waals surface area contributed by atoms with Gasteiger partial charge in [-0.1, -0.05) is 0 Å². The van der Waals surface area contributed by atoms with Gasteiger partial charge < -0.3 is 20.1 Å². The predicted octanol–water partition coefficient (Wildman–Crippen LogP) is -0.0737. The maximum atomic E-state index is 5.57. The van der Waals surface area contributed by atoms with Crippen molar-refractivity contribution in [2.24, 2.45) is 0 Å². The number of rotatable bonds is 5. The molecule has 1 fully saturated rings. The maximum Gasteiger partial charge on any atom is 0.257 e. The fourth-order valence-electron chi connectivity index (χ4n) is 1.90. The van der Waals surface area contributed by atoms with Crippen molar-refractivity contribution in [3.05, 3.63) is 18.5 Å². The Balaban J connectivity index is 1.73. The van der Waals surface area contributed by atoms with Crippen LogP contribution in [0.25, 0.3) is 5.95 Å². The molecule has 0 spiro atoms. The Bertz CT molecular complexity index is 569. The summed E-state index contributed by atoms with van der Waals surface area (Å²) < 4.78 is 12.5. The van der Waals surface area contributed by atoms with Crippen LogP contribution in [-0.2, 0) is 9.47 Å². The second kappa shape index (κ2) is 6.46. The van der Waals surface area contributed by atoms with Crippen LogP contribution in [0.15, 0.2) is 18.5 Å². The lowest BCUT2D eigenvalue weighted by Crippen LogP contribution is -2.34. The van der Waals surface area contributed by atoms with Crippen LogP contribution in [0.4, 0.5) is 11.9 Å². The number of hydrogen-bond acceptors (Lipinski definition) is 8. The minimum absolute atomic E-state index is 0.00158. The van der Waals surface area contributed by atoms with Gasteiger partial charge >= 0.3 is 0 Å². The molecule has 2 aromatic heterocycles. The van der Waals surface area contributed by atoms with E-state index in [1.165, 1.54) is 0 Å². The van der Waals surface area contributed by atoms with Crippen molar-refractivity contribution in [2.75, 3.05) is 44.0 Å². The lowest BCUT2D eigenvalue weighted by atomic mass is 10.3. The first kappa shape index (κ1) is 13.7. The lowest BCUT2D eigenvalue weighted by Gasteiger charge is -2.23. The summed E-state index contributed by atoms with van der Waals surface area (Å²) >= 11 is 0. The van der Waals surface area contributed by atoms with Gasteiger partial charge in [0.25, 0.3) is 5.95 Å². The highest BCUT2D eigenvalue weighted by Crippen LogP contribution is 2.09. The molecule has 0 bridgehead atoms. The molecule has 112 valence electrons. The van der Waals surface area contributed by atoms with Crippen LogP contribution >= 0.6 is 0 Å². The number of nitrogens with zero attached hydrogens (tertiary/aromatic N) is 5. The Morgan fingerprint density at radius 1 is 1.29 bits per heavy atom. The van der Waals surface area contributed by atoms with Gasteiger partial charge in [0.1, 0.15) is 0 Å². The summed E-state index contributed by atoms with van der Waals surface area (Å²) in [4.78, 5) is 12.9. The third-order valence-electron chi connectivity index (χ3n) is 2.93. The molecule has 1 aliphatic heterocycles. The highest BCUT2D eigenvalue weighted by Gasteiger charge is 2.15. The van der Waals surface area contributed by atoms with Crippen LogP contribution in [0, 0.1) is 0 Å². The summed E-state index contributed by atoms with van der Waals surface area (Å²) in [5, 5.41) is 10.2. The van der Waals surface area contributed by atoms with Crippen LogP contribution in [-0.4, -0.2) is 64.2 Å². The van der Waals surface area contributed by atoms with Crippen molar-refractivity contribution in [1.82, 2.24) is 24.7 Å². The van der Waals surface area contributed by atoms with E-state index in [9.17, 15) is 0 Å². The lowest BCUT2D eigenvalue weighted by molar-refractivity contribution is -0.0819. The highest BCUT2D eigenvalue weighted by molar-refractivity contribution is 5.37. The second-order valence-corrected chi connectivity index (χ2v) is 4.43. The number of nitrogens with one attached hydrogen (secondary N) is 2. The minimum atomic E-state index is 0.00158. The van der Waals surface area contributed by atoms with Crippen LogP contribution in [0.5, 0.6) is 0 Å². The fourth-order valence-corrected chi connectivity index (χ4v) is 1.90. The van der Waals surface area contributed by atoms with Gasteiger partial charge in [0.05, 0.1) is 25.9 Å². The molecule has 1 saturated heterocycles. The van der Waals surface area contributed by atoms with Crippen molar-refractivity contribution in [3.8, 4) is 5.95 Å². The molecule has 0 radical (unpaired) electrons. The molecule has 2 N–H and O–H groups in total. The Kier molecular flexibility index (Phi) is 4.22. The summed E-state index contributed by atoms with van der Waals surface area (Å²) in [5.74, 6) is 1.38. The molecule has 9 heteroatoms. The molecule has 0 amide bonds. The SMILES string of the molecule is CNc1nc(NCC2COCCO2)nc(-n2cccn2)n1. The third kappa shape index (κ3) is 3.44. The average molecular weight is 291 g/mol. The largest absolute Gasteiger partial charge is 0.376 e. The molecule has 0 aromatic carbocycles. The normalized spacial score (nSPS) is 18.4. The zero-order valence-electron chi connectivity index (χ0n) is 11.7. The predicted molar refractivity (Wildman–Crippen MR) is 75.5 cm³/mol. The maximum absolute atomic E-state index is 5.57. The molecule has 3 heterocycles. The summed E-state index contributed by atoms with van der Waals surface area (Å²) in [6.45, 7) is 2.41. The molecule has 21 heavy (non-hydrogen) atoms. The first-order valence-electron chi connectivity index (χ1n) is 6.72. The van der Waals surface area contributed by atoms with Crippen molar-refractivity contribution >= 4 is 11.9 Å². The Morgan fingerprint density at radius 3 is 2.90 bits per heavy atom. The molecule has 0 saturated carbocycles. The van der Waals surface area contributed by atoms with E-state index >= 15 is 0 Å². The monoisotopic (exact) mass is 291 g/mol. The Labute approximate surface area is 121 Å². The van der Waals surface area contributed by atoms with Crippen molar-refractivity contribution < 1.29 is 9.47 Å². The summed E-state index contributed by atoms with van der Waals surface area (Å²) in [6.07, 6.45) is 3.45. The fraction of sp³-hybridized carbons (Fsp3) is 0.500. The van der Waals surface area contributed by atoms with E-state index in [0.717, 1.165) is 0 Å². The summed E-state index contributed by atoms with van der Waals surface area (Å²) in [5.41, 5.74) is 0. The third-order valence-corrected chi connectivity index (χ3v) is 2.93. The van der Waals surface area contributed by atoms with Crippen molar-refractivity contribution in [1.29, 1.82) is 0 Å².